The lowest BCUT2D eigenvalue weighted by atomic mass is 9.84. The minimum atomic E-state index is -0.971. The summed E-state index contributed by atoms with van der Waals surface area (Å²) in [6.45, 7) is 5.60. The van der Waals surface area contributed by atoms with E-state index in [0.717, 1.165) is 77.9 Å². The van der Waals surface area contributed by atoms with E-state index in [9.17, 15) is 23.5 Å². The van der Waals surface area contributed by atoms with E-state index in [1.165, 1.54) is 12.1 Å². The maximum absolute atomic E-state index is 14.9. The van der Waals surface area contributed by atoms with Gasteiger partial charge in [0.05, 0.1) is 18.1 Å². The monoisotopic (exact) mass is 505 g/mol. The number of ether oxygens (including phenoxy) is 1. The number of nitrogens with zero attached hydrogens (tertiary/aromatic N) is 2. The van der Waals surface area contributed by atoms with Crippen molar-refractivity contribution in [2.75, 3.05) is 50.8 Å². The third kappa shape index (κ3) is 5.43. The Morgan fingerprint density at radius 2 is 1.72 bits per heavy atom. The Labute approximate surface area is 211 Å². The standard InChI is InChI=1S/C27H37F2N3O4/c28-22-13-20(14-23(29)25(22)21-1-2-24(34)30-26(21)35)32-8-3-18(4-9-32)16-31-10-6-27(7-11-31)15-19(5-12-33)17-36-27/h13-14,18-19,21,33H,1-12,15-17H2,(H,30,34,35). The van der Waals surface area contributed by atoms with Gasteiger partial charge >= 0.3 is 0 Å². The summed E-state index contributed by atoms with van der Waals surface area (Å²) >= 11 is 0. The quantitative estimate of drug-likeness (QED) is 0.579. The summed E-state index contributed by atoms with van der Waals surface area (Å²) in [5, 5.41) is 11.4. The van der Waals surface area contributed by atoms with Gasteiger partial charge in [-0.15, -0.1) is 0 Å². The number of halogens is 2. The van der Waals surface area contributed by atoms with Gasteiger partial charge in [0.15, 0.2) is 0 Å². The van der Waals surface area contributed by atoms with Gasteiger partial charge in [0.1, 0.15) is 11.6 Å². The number of hydrogen-bond donors (Lipinski definition) is 2. The van der Waals surface area contributed by atoms with Gasteiger partial charge in [0.2, 0.25) is 11.8 Å². The number of amides is 2. The molecule has 4 saturated heterocycles. The Hall–Kier alpha value is -2.10. The topological polar surface area (TPSA) is 82.1 Å². The Morgan fingerprint density at radius 3 is 2.36 bits per heavy atom. The van der Waals surface area contributed by atoms with Crippen molar-refractivity contribution in [1.29, 1.82) is 0 Å². The largest absolute Gasteiger partial charge is 0.396 e. The van der Waals surface area contributed by atoms with Crippen LogP contribution < -0.4 is 10.2 Å². The zero-order valence-electron chi connectivity index (χ0n) is 20.8. The normalized spacial score (nSPS) is 27.6. The van der Waals surface area contributed by atoms with Crippen LogP contribution in [0.25, 0.3) is 0 Å². The van der Waals surface area contributed by atoms with E-state index in [1.807, 2.05) is 4.90 Å². The highest BCUT2D eigenvalue weighted by atomic mass is 19.1. The molecule has 5 rings (SSSR count). The van der Waals surface area contributed by atoms with E-state index in [0.29, 0.717) is 17.5 Å². The predicted octanol–water partition coefficient (Wildman–Crippen LogP) is 2.95. The maximum atomic E-state index is 14.9. The Balaban J connectivity index is 1.12. The molecule has 2 amide bonds. The number of likely N-dealkylation sites (tertiary alicyclic amines) is 1. The van der Waals surface area contributed by atoms with E-state index in [-0.39, 0.29) is 30.6 Å². The van der Waals surface area contributed by atoms with Crippen molar-refractivity contribution < 1.29 is 28.2 Å². The van der Waals surface area contributed by atoms with Crippen molar-refractivity contribution in [3.63, 3.8) is 0 Å². The van der Waals surface area contributed by atoms with Crippen molar-refractivity contribution in [2.45, 2.75) is 62.9 Å². The maximum Gasteiger partial charge on any atom is 0.234 e. The van der Waals surface area contributed by atoms with Crippen LogP contribution in [0.15, 0.2) is 12.1 Å². The van der Waals surface area contributed by atoms with Gasteiger partial charge in [-0.2, -0.15) is 0 Å². The second-order valence-electron chi connectivity index (χ2n) is 11.1. The number of nitrogens with one attached hydrogen (secondary N) is 1. The number of imide groups is 1. The van der Waals surface area contributed by atoms with Crippen LogP contribution in [0.4, 0.5) is 14.5 Å². The molecule has 1 aromatic carbocycles. The van der Waals surface area contributed by atoms with Crippen molar-refractivity contribution in [3.8, 4) is 0 Å². The van der Waals surface area contributed by atoms with Crippen LogP contribution in [-0.2, 0) is 14.3 Å². The second-order valence-corrected chi connectivity index (χ2v) is 11.1. The molecular weight excluding hydrogens is 468 g/mol. The molecule has 0 aromatic heterocycles. The molecule has 0 bridgehead atoms. The summed E-state index contributed by atoms with van der Waals surface area (Å²) in [6, 6.07) is 2.66. The highest BCUT2D eigenvalue weighted by molar-refractivity contribution is 6.01. The first-order valence-corrected chi connectivity index (χ1v) is 13.4. The predicted molar refractivity (Wildman–Crippen MR) is 131 cm³/mol. The smallest absolute Gasteiger partial charge is 0.234 e. The molecule has 4 heterocycles. The molecule has 0 aliphatic carbocycles. The molecule has 4 aliphatic heterocycles. The molecule has 1 spiro atoms. The SMILES string of the molecule is O=C1CCC(c2c(F)cc(N3CCC(CN4CCC5(CC4)CC(CCO)CO5)CC3)cc2F)C(=O)N1. The van der Waals surface area contributed by atoms with E-state index in [2.05, 4.69) is 10.2 Å². The van der Waals surface area contributed by atoms with Gasteiger partial charge in [0, 0.05) is 57.0 Å². The molecule has 4 aliphatic rings. The molecule has 7 nitrogen and oxygen atoms in total. The summed E-state index contributed by atoms with van der Waals surface area (Å²) < 4.78 is 36.1. The first-order valence-electron chi connectivity index (χ1n) is 13.4. The average molecular weight is 506 g/mol. The van der Waals surface area contributed by atoms with Crippen LogP contribution in [0, 0.1) is 23.5 Å². The number of aliphatic hydroxyl groups excluding tert-OH is 1. The number of rotatable bonds is 6. The zero-order valence-corrected chi connectivity index (χ0v) is 20.8. The zero-order chi connectivity index (χ0) is 25.3. The third-order valence-electron chi connectivity index (χ3n) is 8.74. The molecule has 36 heavy (non-hydrogen) atoms. The molecule has 1 aromatic rings. The van der Waals surface area contributed by atoms with Crippen molar-refractivity contribution >= 4 is 17.5 Å². The van der Waals surface area contributed by atoms with E-state index < -0.39 is 29.4 Å². The van der Waals surface area contributed by atoms with Gasteiger partial charge in [-0.05, 0) is 68.9 Å². The molecule has 0 radical (unpaired) electrons. The highest BCUT2D eigenvalue weighted by Gasteiger charge is 2.42. The third-order valence-corrected chi connectivity index (χ3v) is 8.74. The molecule has 9 heteroatoms. The summed E-state index contributed by atoms with van der Waals surface area (Å²) in [6.07, 6.45) is 6.13. The first-order chi connectivity index (χ1) is 17.4. The van der Waals surface area contributed by atoms with Crippen molar-refractivity contribution in [2.24, 2.45) is 11.8 Å². The number of hydrogen-bond acceptors (Lipinski definition) is 6. The van der Waals surface area contributed by atoms with Crippen LogP contribution in [0.1, 0.15) is 62.8 Å². The van der Waals surface area contributed by atoms with E-state index in [1.54, 1.807) is 0 Å². The lowest BCUT2D eigenvalue weighted by Crippen LogP contribution is -2.47. The Morgan fingerprint density at radius 1 is 1.03 bits per heavy atom. The average Bonchev–Trinajstić information content (AvgIpc) is 3.24. The molecule has 0 saturated carbocycles. The number of carbonyl (C=O) groups is 2. The number of piperidine rings is 3. The molecule has 2 unspecified atom stereocenters. The Bertz CT molecular complexity index is 951. The second kappa shape index (κ2) is 10.7. The Kier molecular flexibility index (Phi) is 7.60. The first kappa shape index (κ1) is 25.5. The van der Waals surface area contributed by atoms with E-state index >= 15 is 0 Å². The van der Waals surface area contributed by atoms with Gasteiger partial charge in [-0.25, -0.2) is 8.78 Å². The van der Waals surface area contributed by atoms with Crippen LogP contribution in [0.2, 0.25) is 0 Å². The molecular formula is C27H37F2N3O4. The molecule has 4 fully saturated rings. The van der Waals surface area contributed by atoms with E-state index in [4.69, 9.17) is 4.74 Å². The van der Waals surface area contributed by atoms with Gasteiger partial charge in [0.25, 0.3) is 0 Å². The molecule has 2 atom stereocenters. The highest BCUT2D eigenvalue weighted by Crippen LogP contribution is 2.40. The summed E-state index contributed by atoms with van der Waals surface area (Å²) in [7, 11) is 0. The van der Waals surface area contributed by atoms with Crippen molar-refractivity contribution in [3.05, 3.63) is 29.3 Å². The van der Waals surface area contributed by atoms with Crippen molar-refractivity contribution in [1.82, 2.24) is 10.2 Å². The van der Waals surface area contributed by atoms with Gasteiger partial charge in [-0.3, -0.25) is 14.9 Å². The van der Waals surface area contributed by atoms with Crippen LogP contribution in [0.5, 0.6) is 0 Å². The fraction of sp³-hybridized carbons (Fsp3) is 0.704. The molecule has 2 N–H and O–H groups in total. The van der Waals surface area contributed by atoms with Crippen LogP contribution >= 0.6 is 0 Å². The van der Waals surface area contributed by atoms with Gasteiger partial charge < -0.3 is 19.6 Å². The number of anilines is 1. The number of carbonyl (C=O) groups excluding carboxylic acids is 2. The number of benzene rings is 1. The fourth-order valence-electron chi connectivity index (χ4n) is 6.59. The number of aliphatic hydroxyl groups is 1. The summed E-state index contributed by atoms with van der Waals surface area (Å²) in [4.78, 5) is 28.1. The van der Waals surface area contributed by atoms with Gasteiger partial charge in [-0.1, -0.05) is 0 Å². The lowest BCUT2D eigenvalue weighted by molar-refractivity contribution is -0.134. The molecule has 198 valence electrons. The minimum absolute atomic E-state index is 0.00778. The summed E-state index contributed by atoms with van der Waals surface area (Å²) in [5.41, 5.74) is 0.277. The fourth-order valence-corrected chi connectivity index (χ4v) is 6.59. The summed E-state index contributed by atoms with van der Waals surface area (Å²) in [5.74, 6) is -2.41. The van der Waals surface area contributed by atoms with Crippen LogP contribution in [-0.4, -0.2) is 73.4 Å². The van der Waals surface area contributed by atoms with Crippen LogP contribution in [0.3, 0.4) is 0 Å². The lowest BCUT2D eigenvalue weighted by Gasteiger charge is -2.41. The minimum Gasteiger partial charge on any atom is -0.396 e.